The van der Waals surface area contributed by atoms with Gasteiger partial charge in [-0.15, -0.1) is 11.3 Å². The first-order valence-corrected chi connectivity index (χ1v) is 3.94. The van der Waals surface area contributed by atoms with Crippen LogP contribution in [0.5, 0.6) is 0 Å². The molecule has 1 heterocycles. The molecule has 10 heavy (non-hydrogen) atoms. The lowest BCUT2D eigenvalue weighted by atomic mass is 10.1. The van der Waals surface area contributed by atoms with E-state index in [9.17, 15) is 0 Å². The molecule has 0 saturated carbocycles. The van der Waals surface area contributed by atoms with E-state index >= 15 is 0 Å². The number of aliphatic hydroxyl groups is 1. The molecule has 0 saturated heterocycles. The van der Waals surface area contributed by atoms with E-state index in [0.717, 1.165) is 11.1 Å². The van der Waals surface area contributed by atoms with Gasteiger partial charge in [-0.25, -0.2) is 0 Å². The van der Waals surface area contributed by atoms with Gasteiger partial charge in [0, 0.05) is 15.8 Å². The molecule has 0 bridgehead atoms. The van der Waals surface area contributed by atoms with Crippen molar-refractivity contribution in [3.05, 3.63) is 28.0 Å². The monoisotopic (exact) mass is 154 g/mol. The molecule has 0 aliphatic carbocycles. The molecule has 0 aliphatic heterocycles. The van der Waals surface area contributed by atoms with Crippen molar-refractivity contribution in [2.75, 3.05) is 0 Å². The summed E-state index contributed by atoms with van der Waals surface area (Å²) in [4.78, 5) is 1.24. The fourth-order valence-electron chi connectivity index (χ4n) is 0.798. The minimum absolute atomic E-state index is 0.168. The lowest BCUT2D eigenvalue weighted by Gasteiger charge is -1.94. The first-order valence-electron chi connectivity index (χ1n) is 3.06. The van der Waals surface area contributed by atoms with Crippen molar-refractivity contribution in [1.82, 2.24) is 0 Å². The zero-order valence-corrected chi connectivity index (χ0v) is 6.96. The highest BCUT2D eigenvalue weighted by atomic mass is 32.1. The average molecular weight is 154 g/mol. The SMILES string of the molecule is C=C(O)c1csc(C)c1C. The van der Waals surface area contributed by atoms with Crippen molar-refractivity contribution in [1.29, 1.82) is 0 Å². The first-order chi connectivity index (χ1) is 4.63. The summed E-state index contributed by atoms with van der Waals surface area (Å²) in [5, 5.41) is 11.0. The van der Waals surface area contributed by atoms with Gasteiger partial charge in [-0.05, 0) is 19.4 Å². The topological polar surface area (TPSA) is 20.2 Å². The Bertz CT molecular complexity index is 260. The maximum absolute atomic E-state index is 9.03. The van der Waals surface area contributed by atoms with Crippen molar-refractivity contribution in [3.8, 4) is 0 Å². The summed E-state index contributed by atoms with van der Waals surface area (Å²) in [5.41, 5.74) is 2.01. The molecule has 0 radical (unpaired) electrons. The molecule has 54 valence electrons. The highest BCUT2D eigenvalue weighted by Crippen LogP contribution is 2.24. The molecule has 1 nitrogen and oxygen atoms in total. The normalized spacial score (nSPS) is 9.80. The Morgan fingerprint density at radius 3 is 2.40 bits per heavy atom. The Morgan fingerprint density at radius 2 is 2.20 bits per heavy atom. The van der Waals surface area contributed by atoms with Crippen LogP contribution in [0.3, 0.4) is 0 Å². The lowest BCUT2D eigenvalue weighted by molar-refractivity contribution is 0.513. The van der Waals surface area contributed by atoms with Gasteiger partial charge >= 0.3 is 0 Å². The lowest BCUT2D eigenvalue weighted by Crippen LogP contribution is -1.80. The Hall–Kier alpha value is -0.760. The van der Waals surface area contributed by atoms with Crippen LogP contribution in [0, 0.1) is 13.8 Å². The molecule has 0 atom stereocenters. The maximum atomic E-state index is 9.03. The quantitative estimate of drug-likeness (QED) is 0.617. The number of aliphatic hydroxyl groups excluding tert-OH is 1. The molecule has 1 aromatic rings. The largest absolute Gasteiger partial charge is 0.508 e. The van der Waals surface area contributed by atoms with E-state index in [4.69, 9.17) is 5.11 Å². The van der Waals surface area contributed by atoms with Gasteiger partial charge in [-0.3, -0.25) is 0 Å². The van der Waals surface area contributed by atoms with Crippen LogP contribution in [0.1, 0.15) is 16.0 Å². The number of rotatable bonds is 1. The third-order valence-corrected chi connectivity index (χ3v) is 2.61. The average Bonchev–Trinajstić information content (AvgIpc) is 2.14. The van der Waals surface area contributed by atoms with Gasteiger partial charge in [0.15, 0.2) is 0 Å². The van der Waals surface area contributed by atoms with Crippen molar-refractivity contribution in [2.24, 2.45) is 0 Å². The van der Waals surface area contributed by atoms with Crippen molar-refractivity contribution in [3.63, 3.8) is 0 Å². The maximum Gasteiger partial charge on any atom is 0.116 e. The highest BCUT2D eigenvalue weighted by Gasteiger charge is 2.04. The van der Waals surface area contributed by atoms with Crippen LogP contribution in [-0.4, -0.2) is 5.11 Å². The van der Waals surface area contributed by atoms with Crippen LogP contribution in [0.2, 0.25) is 0 Å². The third kappa shape index (κ3) is 1.07. The minimum atomic E-state index is 0.168. The molecule has 0 fully saturated rings. The van der Waals surface area contributed by atoms with E-state index in [1.54, 1.807) is 11.3 Å². The van der Waals surface area contributed by atoms with Crippen LogP contribution in [0.4, 0.5) is 0 Å². The molecule has 1 rings (SSSR count). The number of hydrogen-bond acceptors (Lipinski definition) is 2. The van der Waals surface area contributed by atoms with Gasteiger partial charge < -0.3 is 5.11 Å². The molecule has 1 aromatic heterocycles. The Balaban J connectivity index is 3.17. The van der Waals surface area contributed by atoms with E-state index < -0.39 is 0 Å². The second-order valence-electron chi connectivity index (χ2n) is 2.28. The van der Waals surface area contributed by atoms with Crippen LogP contribution in [0.15, 0.2) is 12.0 Å². The van der Waals surface area contributed by atoms with Crippen molar-refractivity contribution in [2.45, 2.75) is 13.8 Å². The molecular formula is C8H10OS. The van der Waals surface area contributed by atoms with Gasteiger partial charge in [-0.2, -0.15) is 0 Å². The van der Waals surface area contributed by atoms with Crippen molar-refractivity contribution < 1.29 is 5.11 Å². The predicted molar refractivity (Wildman–Crippen MR) is 45.5 cm³/mol. The van der Waals surface area contributed by atoms with Crippen molar-refractivity contribution >= 4 is 17.1 Å². The van der Waals surface area contributed by atoms with Gasteiger partial charge in [-0.1, -0.05) is 6.58 Å². The summed E-state index contributed by atoms with van der Waals surface area (Å²) in [6.45, 7) is 7.48. The second kappa shape index (κ2) is 2.46. The van der Waals surface area contributed by atoms with Crippen LogP contribution in [-0.2, 0) is 0 Å². The van der Waals surface area contributed by atoms with Gasteiger partial charge in [0.25, 0.3) is 0 Å². The van der Waals surface area contributed by atoms with Crippen LogP contribution < -0.4 is 0 Å². The Morgan fingerprint density at radius 1 is 1.60 bits per heavy atom. The minimum Gasteiger partial charge on any atom is -0.508 e. The van der Waals surface area contributed by atoms with Gasteiger partial charge in [0.2, 0.25) is 0 Å². The van der Waals surface area contributed by atoms with Gasteiger partial charge in [0.05, 0.1) is 0 Å². The molecule has 0 unspecified atom stereocenters. The van der Waals surface area contributed by atoms with E-state index in [-0.39, 0.29) is 5.76 Å². The summed E-state index contributed by atoms with van der Waals surface area (Å²) in [7, 11) is 0. The summed E-state index contributed by atoms with van der Waals surface area (Å²) >= 11 is 1.64. The molecule has 0 amide bonds. The zero-order chi connectivity index (χ0) is 7.72. The van der Waals surface area contributed by atoms with E-state index in [0.29, 0.717) is 0 Å². The zero-order valence-electron chi connectivity index (χ0n) is 6.14. The highest BCUT2D eigenvalue weighted by molar-refractivity contribution is 7.10. The molecule has 1 N–H and O–H groups in total. The van der Waals surface area contributed by atoms with E-state index in [1.165, 1.54) is 4.88 Å². The molecule has 0 aliphatic rings. The number of thiophene rings is 1. The first kappa shape index (κ1) is 7.35. The van der Waals surface area contributed by atoms with E-state index in [2.05, 4.69) is 6.58 Å². The smallest absolute Gasteiger partial charge is 0.116 e. The third-order valence-electron chi connectivity index (χ3n) is 1.60. The van der Waals surface area contributed by atoms with E-state index in [1.807, 2.05) is 19.2 Å². The number of hydrogen-bond donors (Lipinski definition) is 1. The molecule has 0 spiro atoms. The molecule has 2 heteroatoms. The fourth-order valence-corrected chi connectivity index (χ4v) is 1.69. The summed E-state index contributed by atoms with van der Waals surface area (Å²) in [5.74, 6) is 0.168. The summed E-state index contributed by atoms with van der Waals surface area (Å²) in [6, 6.07) is 0. The predicted octanol–water partition coefficient (Wildman–Crippen LogP) is 2.89. The second-order valence-corrected chi connectivity index (χ2v) is 3.36. The Kier molecular flexibility index (Phi) is 1.81. The van der Waals surface area contributed by atoms with Crippen LogP contribution in [0.25, 0.3) is 5.76 Å². The van der Waals surface area contributed by atoms with Crippen LogP contribution >= 0.6 is 11.3 Å². The Labute approximate surface area is 64.6 Å². The number of aryl methyl sites for hydroxylation is 1. The standard InChI is InChI=1S/C8H10OS/c1-5-7(3)10-4-8(5)6(2)9/h4,9H,2H2,1,3H3. The molecule has 0 aromatic carbocycles. The molecular weight excluding hydrogens is 144 g/mol. The summed E-state index contributed by atoms with van der Waals surface area (Å²) < 4.78 is 0. The summed E-state index contributed by atoms with van der Waals surface area (Å²) in [6.07, 6.45) is 0. The fraction of sp³-hybridized carbons (Fsp3) is 0.250. The van der Waals surface area contributed by atoms with Gasteiger partial charge in [0.1, 0.15) is 5.76 Å².